The van der Waals surface area contributed by atoms with Crippen LogP contribution in [0.2, 0.25) is 0 Å². The van der Waals surface area contributed by atoms with E-state index in [1.54, 1.807) is 13.2 Å². The second-order valence-electron chi connectivity index (χ2n) is 8.52. The average Bonchev–Trinajstić information content (AvgIpc) is 3.07. The fraction of sp³-hybridized carbons (Fsp3) is 0.545. The highest BCUT2D eigenvalue weighted by Gasteiger charge is 2.69. The van der Waals surface area contributed by atoms with E-state index in [4.69, 9.17) is 20.3 Å². The summed E-state index contributed by atoms with van der Waals surface area (Å²) < 4.78 is 11.8. The van der Waals surface area contributed by atoms with Gasteiger partial charge in [0, 0.05) is 35.1 Å². The molecule has 1 saturated carbocycles. The smallest absolute Gasteiger partial charge is 0.332 e. The lowest BCUT2D eigenvalue weighted by Crippen LogP contribution is -2.64. The molecule has 5 aliphatic rings. The summed E-state index contributed by atoms with van der Waals surface area (Å²) in [5.41, 5.74) is 4.94. The van der Waals surface area contributed by atoms with Gasteiger partial charge >= 0.3 is 5.97 Å². The summed E-state index contributed by atoms with van der Waals surface area (Å²) in [6.07, 6.45) is 11.2. The second-order valence-corrected chi connectivity index (χ2v) is 8.52. The number of nitrogens with zero attached hydrogens (tertiary/aromatic N) is 1. The van der Waals surface area contributed by atoms with E-state index in [-0.39, 0.29) is 22.9 Å². The van der Waals surface area contributed by atoms with Crippen molar-refractivity contribution in [2.45, 2.75) is 31.9 Å². The fourth-order valence-corrected chi connectivity index (χ4v) is 5.91. The first-order chi connectivity index (χ1) is 13.8. The number of carboxylic acid groups (broad SMARTS) is 1. The Hall–Kier alpha value is -2.54. The van der Waals surface area contributed by atoms with E-state index < -0.39 is 5.97 Å². The van der Waals surface area contributed by atoms with Gasteiger partial charge in [0.05, 0.1) is 7.11 Å². The molecule has 2 bridgehead atoms. The Bertz CT molecular complexity index is 857. The van der Waals surface area contributed by atoms with Crippen LogP contribution in [-0.2, 0) is 19.1 Å². The van der Waals surface area contributed by atoms with Crippen molar-refractivity contribution in [3.05, 3.63) is 47.6 Å². The zero-order valence-electron chi connectivity index (χ0n) is 17.0. The summed E-state index contributed by atoms with van der Waals surface area (Å²) in [6, 6.07) is 0.513. The molecule has 156 valence electrons. The molecule has 2 unspecified atom stereocenters. The minimum Gasteiger partial charge on any atom is -0.493 e. The SMILES string of the molecule is CC(=CN)C(=O)O.COC1=C2O[C@H]3C(=O)C=C[C@H]4[C@H]5CC(C=C1)C2[C@@]34CCN5C. The van der Waals surface area contributed by atoms with Crippen LogP contribution in [0.15, 0.2) is 47.6 Å². The van der Waals surface area contributed by atoms with E-state index in [1.165, 1.54) is 6.92 Å². The Labute approximate surface area is 170 Å². The molecule has 1 spiro atoms. The number of rotatable bonds is 2. The Morgan fingerprint density at radius 1 is 1.41 bits per heavy atom. The molecule has 0 aromatic heterocycles. The van der Waals surface area contributed by atoms with Gasteiger partial charge in [0.1, 0.15) is 5.76 Å². The minimum absolute atomic E-state index is 0.0597. The van der Waals surface area contributed by atoms with E-state index >= 15 is 0 Å². The summed E-state index contributed by atoms with van der Waals surface area (Å²) in [5, 5.41) is 8.03. The van der Waals surface area contributed by atoms with Gasteiger partial charge in [-0.15, -0.1) is 0 Å². The molecule has 0 aromatic rings. The fourth-order valence-electron chi connectivity index (χ4n) is 5.91. The highest BCUT2D eigenvalue weighted by molar-refractivity contribution is 5.96. The number of hydrogen-bond donors (Lipinski definition) is 2. The van der Waals surface area contributed by atoms with E-state index in [1.807, 2.05) is 6.08 Å². The van der Waals surface area contributed by atoms with E-state index in [0.717, 1.165) is 37.1 Å². The molecule has 7 heteroatoms. The molecule has 0 amide bonds. The van der Waals surface area contributed by atoms with Crippen LogP contribution in [0.4, 0.5) is 0 Å². The van der Waals surface area contributed by atoms with Gasteiger partial charge in [-0.1, -0.05) is 12.2 Å². The normalized spacial score (nSPS) is 39.3. The summed E-state index contributed by atoms with van der Waals surface area (Å²) >= 11 is 0. The zero-order chi connectivity index (χ0) is 20.9. The van der Waals surface area contributed by atoms with Gasteiger partial charge < -0.3 is 25.2 Å². The minimum atomic E-state index is -0.970. The quantitative estimate of drug-likeness (QED) is 0.682. The van der Waals surface area contributed by atoms with Crippen molar-refractivity contribution < 1.29 is 24.2 Å². The third kappa shape index (κ3) is 2.74. The number of ether oxygens (including phenoxy) is 2. The number of hydrogen-bond acceptors (Lipinski definition) is 6. The summed E-state index contributed by atoms with van der Waals surface area (Å²) in [7, 11) is 3.91. The molecule has 3 aliphatic carbocycles. The van der Waals surface area contributed by atoms with Crippen LogP contribution >= 0.6 is 0 Å². The van der Waals surface area contributed by atoms with Crippen LogP contribution in [0.1, 0.15) is 19.8 Å². The van der Waals surface area contributed by atoms with Crippen LogP contribution in [0, 0.1) is 23.2 Å². The molecule has 3 N–H and O–H groups in total. The predicted octanol–water partition coefficient (Wildman–Crippen LogP) is 1.83. The standard InChI is InChI=1S/C18H21NO3.C4H7NO2/c1-19-8-7-18-11-4-5-13(20)17(18)22-16-14(21-2)6-3-10(15(16)18)9-12(11)19;1-3(2-5)4(6)7/h3-6,10-12,15,17H,7-9H2,1-2H3;2H,5H2,1H3,(H,6,7)/t10?,11-,12+,15?,17-,18-;/m0./s1. The van der Waals surface area contributed by atoms with E-state index in [2.05, 4.69) is 24.1 Å². The highest BCUT2D eigenvalue weighted by atomic mass is 16.5. The molecule has 29 heavy (non-hydrogen) atoms. The summed E-state index contributed by atoms with van der Waals surface area (Å²) in [6.45, 7) is 2.48. The number of ketones is 1. The van der Waals surface area contributed by atoms with Gasteiger partial charge in [0.2, 0.25) is 0 Å². The van der Waals surface area contributed by atoms with Gasteiger partial charge in [0.25, 0.3) is 0 Å². The lowest BCUT2D eigenvalue weighted by molar-refractivity contribution is -0.140. The molecule has 6 atom stereocenters. The second kappa shape index (κ2) is 7.06. The van der Waals surface area contributed by atoms with Crippen LogP contribution in [-0.4, -0.2) is 54.6 Å². The molecular formula is C22H28N2O5. The number of piperidine rings is 1. The van der Waals surface area contributed by atoms with Gasteiger partial charge in [-0.2, -0.15) is 0 Å². The largest absolute Gasteiger partial charge is 0.493 e. The highest BCUT2D eigenvalue weighted by Crippen LogP contribution is 2.66. The molecule has 2 aliphatic heterocycles. The number of carboxylic acids is 1. The molecule has 0 radical (unpaired) electrons. The molecule has 7 nitrogen and oxygen atoms in total. The number of allylic oxidation sites excluding steroid dienone is 3. The van der Waals surface area contributed by atoms with Crippen LogP contribution in [0.5, 0.6) is 0 Å². The van der Waals surface area contributed by atoms with E-state index in [9.17, 15) is 9.59 Å². The van der Waals surface area contributed by atoms with Crippen molar-refractivity contribution in [2.24, 2.45) is 28.9 Å². The van der Waals surface area contributed by atoms with Crippen molar-refractivity contribution in [1.82, 2.24) is 4.90 Å². The van der Waals surface area contributed by atoms with E-state index in [0.29, 0.717) is 23.8 Å². The van der Waals surface area contributed by atoms with Crippen molar-refractivity contribution in [3.8, 4) is 0 Å². The number of nitrogens with two attached hydrogens (primary N) is 1. The zero-order valence-corrected chi connectivity index (χ0v) is 17.0. The average molecular weight is 400 g/mol. The maximum atomic E-state index is 12.6. The number of carbonyl (C=O) groups excluding carboxylic acids is 1. The summed E-state index contributed by atoms with van der Waals surface area (Å²) in [5.74, 6) is 2.10. The maximum Gasteiger partial charge on any atom is 0.332 e. The Morgan fingerprint density at radius 2 is 2.17 bits per heavy atom. The first-order valence-electron chi connectivity index (χ1n) is 10.0. The Morgan fingerprint density at radius 3 is 2.79 bits per heavy atom. The van der Waals surface area contributed by atoms with Crippen molar-refractivity contribution in [2.75, 3.05) is 20.7 Å². The number of methoxy groups -OCH3 is 1. The van der Waals surface area contributed by atoms with Crippen LogP contribution in [0.3, 0.4) is 0 Å². The third-order valence-corrected chi connectivity index (χ3v) is 7.31. The van der Waals surface area contributed by atoms with Gasteiger partial charge in [-0.25, -0.2) is 4.79 Å². The maximum absolute atomic E-state index is 12.6. The molecule has 5 rings (SSSR count). The molecule has 2 saturated heterocycles. The number of aliphatic carboxylic acids is 1. The first kappa shape index (κ1) is 19.8. The molecule has 2 heterocycles. The third-order valence-electron chi connectivity index (χ3n) is 7.31. The lowest BCUT2D eigenvalue weighted by atomic mass is 9.48. The monoisotopic (exact) mass is 400 g/mol. The first-order valence-corrected chi connectivity index (χ1v) is 10.0. The molecule has 0 aromatic carbocycles. The van der Waals surface area contributed by atoms with Gasteiger partial charge in [-0.05, 0) is 51.4 Å². The van der Waals surface area contributed by atoms with Crippen molar-refractivity contribution >= 4 is 11.8 Å². The Balaban J connectivity index is 0.000000255. The number of likely N-dealkylation sites (tertiary alicyclic amines) is 1. The predicted molar refractivity (Wildman–Crippen MR) is 106 cm³/mol. The summed E-state index contributed by atoms with van der Waals surface area (Å²) in [4.78, 5) is 24.8. The van der Waals surface area contributed by atoms with Crippen LogP contribution in [0.25, 0.3) is 0 Å². The topological polar surface area (TPSA) is 102 Å². The van der Waals surface area contributed by atoms with Gasteiger partial charge in [-0.3, -0.25) is 4.79 Å². The lowest BCUT2D eigenvalue weighted by Gasteiger charge is -2.59. The van der Waals surface area contributed by atoms with Crippen molar-refractivity contribution in [1.29, 1.82) is 0 Å². The molecule has 3 fully saturated rings. The molecular weight excluding hydrogens is 372 g/mol. The number of carbonyl (C=O) groups is 2. The van der Waals surface area contributed by atoms with Crippen molar-refractivity contribution in [3.63, 3.8) is 0 Å². The Kier molecular flexibility index (Phi) is 4.81. The van der Waals surface area contributed by atoms with Gasteiger partial charge in [0.15, 0.2) is 17.6 Å². The van der Waals surface area contributed by atoms with Crippen LogP contribution < -0.4 is 5.73 Å².